The zero-order valence-corrected chi connectivity index (χ0v) is 98.2. The predicted octanol–water partition coefficient (Wildman–Crippen LogP) is 36.5. The summed E-state index contributed by atoms with van der Waals surface area (Å²) in [7, 11) is 0. The number of aromatic hydroxyl groups is 14. The highest BCUT2D eigenvalue weighted by Gasteiger charge is 2.34. The first-order chi connectivity index (χ1) is 68.7. The van der Waals surface area contributed by atoms with Crippen molar-refractivity contribution in [3.63, 3.8) is 0 Å². The number of hydrogen-bond donors (Lipinski definition) is 14. The first-order valence-electron chi connectivity index (χ1n) is 48.6. The molecule has 0 heterocycles. The van der Waals surface area contributed by atoms with Crippen LogP contribution in [-0.2, 0) is 66.6 Å². The summed E-state index contributed by atoms with van der Waals surface area (Å²) >= 11 is 49.2. The summed E-state index contributed by atoms with van der Waals surface area (Å²) in [5.41, 5.74) is 25.0. The standard InChI is InChI=1S/C25H36O2.C19H24O2.C17H20O2.C16H16Cl2O2.C16H16O2.C15H12Br4O2.C15H12Cl4O2/c1-8-17-12-21(13-18(9-2)23(17)26)16(5)25(6,7)22-14-19(10-3)24(27)20(11-4)15-22;1-11(17-9-14(4)19(21)15(5)10-17)6-16-7-12(2)18(20)13(3)8-16;1-11-9-13(5-7-15(11)18)17(3,4)14-6-8-16(19)12(2)10-14;1-10(12-5-7-16(20)14(18)9-12)2-3-11-4-6-15(19)13(17)8-11;1-12(14-6-10-16(18)11-7-14)2-3-13-4-8-15(17)9-5-13;2*1-15(2,7-3-9(16)13(20)10(17)4-7)8-5-11(18)14(21)12(19)6-8/h12-16,26-27H,8-11H2,1-7H3;7-11,20-21H,6H2,1-5H3;5-10,18-19H,1-4H3;4-10,19-20H,2-3H2,1H3;2,4-11,17-18H,3H2,1H3;2*3-6,20-21H,1-2H3. The van der Waals surface area contributed by atoms with Crippen molar-refractivity contribution in [1.29, 1.82) is 0 Å². The number of aryl methyl sites for hydroxylation is 11. The van der Waals surface area contributed by atoms with Gasteiger partial charge in [-0.05, 0) is 435 Å². The van der Waals surface area contributed by atoms with Crippen molar-refractivity contribution in [2.24, 2.45) is 0 Å². The van der Waals surface area contributed by atoms with Crippen LogP contribution < -0.4 is 0 Å². The van der Waals surface area contributed by atoms with Crippen LogP contribution in [0.2, 0.25) is 30.1 Å². The van der Waals surface area contributed by atoms with Crippen LogP contribution in [0.25, 0.3) is 5.57 Å². The molecule has 14 aromatic rings. The molecule has 0 fully saturated rings. The molecule has 14 N–H and O–H groups in total. The molecule has 782 valence electrons. The molecule has 0 aliphatic rings. The molecule has 0 saturated heterocycles. The molecule has 3 atom stereocenters. The lowest BCUT2D eigenvalue weighted by Crippen LogP contribution is -2.25. The van der Waals surface area contributed by atoms with E-state index in [0.29, 0.717) is 74.3 Å². The number of phenols is 14. The Balaban J connectivity index is 0.000000210. The average molecular weight is 2370 g/mol. The normalized spacial score (nSPS) is 12.1. The van der Waals surface area contributed by atoms with Crippen molar-refractivity contribution in [3.05, 3.63) is 406 Å². The Bertz CT molecular complexity index is 6510. The van der Waals surface area contributed by atoms with E-state index in [4.69, 9.17) is 69.6 Å². The molecule has 147 heavy (non-hydrogen) atoms. The van der Waals surface area contributed by atoms with Gasteiger partial charge in [0.1, 0.15) is 69.0 Å². The number of phenolic OH excluding ortho intramolecular Hbond substituents is 14. The first kappa shape index (κ1) is 122. The van der Waals surface area contributed by atoms with Crippen LogP contribution in [0.4, 0.5) is 0 Å². The number of rotatable bonds is 23. The maximum absolute atomic E-state index is 10.5. The summed E-state index contributed by atoms with van der Waals surface area (Å²) in [6, 6.07) is 67.4. The second-order valence-electron chi connectivity index (χ2n) is 39.6. The highest BCUT2D eigenvalue weighted by atomic mass is 79.9. The summed E-state index contributed by atoms with van der Waals surface area (Å²) in [6.07, 6.45) is 9.00. The van der Waals surface area contributed by atoms with Crippen LogP contribution in [0, 0.1) is 41.5 Å². The van der Waals surface area contributed by atoms with E-state index >= 15 is 0 Å². The van der Waals surface area contributed by atoms with Crippen LogP contribution in [0.15, 0.2) is 242 Å². The smallest absolute Gasteiger partial charge is 0.152 e. The average Bonchev–Trinajstić information content (AvgIpc) is 0.764. The molecule has 0 saturated carbocycles. The third-order valence-electron chi connectivity index (χ3n) is 27.7. The van der Waals surface area contributed by atoms with Gasteiger partial charge < -0.3 is 71.5 Å². The summed E-state index contributed by atoms with van der Waals surface area (Å²) in [5.74, 6) is 4.15. The van der Waals surface area contributed by atoms with Gasteiger partial charge in [-0.15, -0.1) is 0 Å². The minimum absolute atomic E-state index is 0.0888. The lowest BCUT2D eigenvalue weighted by molar-refractivity contribution is 0.427. The van der Waals surface area contributed by atoms with Crippen molar-refractivity contribution in [2.75, 3.05) is 0 Å². The molecule has 14 aromatic carbocycles. The quantitative estimate of drug-likeness (QED) is 0.0284. The van der Waals surface area contributed by atoms with Gasteiger partial charge in [-0.3, -0.25) is 0 Å². The Labute approximate surface area is 931 Å². The van der Waals surface area contributed by atoms with Gasteiger partial charge in [-0.25, -0.2) is 0 Å². The fourth-order valence-corrected chi connectivity index (χ4v) is 20.7. The molecule has 0 aromatic heterocycles. The van der Waals surface area contributed by atoms with Gasteiger partial charge >= 0.3 is 0 Å². The Kier molecular flexibility index (Phi) is 44.3. The van der Waals surface area contributed by atoms with Gasteiger partial charge in [0.05, 0.1) is 48.0 Å². The van der Waals surface area contributed by atoms with Crippen LogP contribution in [-0.4, -0.2) is 71.5 Å². The Morgan fingerprint density at radius 3 is 1.01 bits per heavy atom. The molecule has 0 spiro atoms. The lowest BCUT2D eigenvalue weighted by atomic mass is 9.70. The van der Waals surface area contributed by atoms with Gasteiger partial charge in [0.25, 0.3) is 0 Å². The molecule has 0 aliphatic carbocycles. The molecule has 14 nitrogen and oxygen atoms in total. The Morgan fingerprint density at radius 2 is 0.633 bits per heavy atom. The summed E-state index contributed by atoms with van der Waals surface area (Å²) in [4.78, 5) is 0. The van der Waals surface area contributed by atoms with Crippen molar-refractivity contribution in [1.82, 2.24) is 0 Å². The van der Waals surface area contributed by atoms with E-state index in [9.17, 15) is 71.5 Å². The molecule has 3 unspecified atom stereocenters. The van der Waals surface area contributed by atoms with Crippen molar-refractivity contribution in [3.8, 4) is 80.5 Å². The fraction of sp³-hybridized carbons (Fsp3) is 0.301. The summed E-state index contributed by atoms with van der Waals surface area (Å²) in [5, 5.41) is 138. The highest BCUT2D eigenvalue weighted by Crippen LogP contribution is 2.49. The molecule has 14 rings (SSSR count). The van der Waals surface area contributed by atoms with Crippen molar-refractivity contribution < 1.29 is 71.5 Å². The van der Waals surface area contributed by atoms with E-state index in [1.165, 1.54) is 27.8 Å². The molecule has 24 heteroatoms. The van der Waals surface area contributed by atoms with E-state index in [1.54, 1.807) is 84.9 Å². The van der Waals surface area contributed by atoms with E-state index in [2.05, 4.69) is 208 Å². The fourth-order valence-electron chi connectivity index (χ4n) is 16.9. The molecule has 0 aliphatic heterocycles. The number of allylic oxidation sites excluding steroid dienone is 2. The SMILES string of the molecule is CC(=CCc1ccc(O)cc1)c1ccc(O)cc1.CC(C)(c1cc(Br)c(O)c(Br)c1)c1cc(Br)c(O)c(Br)c1.CC(C)(c1cc(Cl)c(O)c(Cl)c1)c1cc(Cl)c(O)c(Cl)c1.CC(CCc1ccc(O)c(Cl)c1)c1ccc(O)c(Cl)c1.CCc1cc(C(C)C(C)(C)c2cc(CC)c(O)c(CC)c2)cc(CC)c1O.Cc1cc(C(C)(C)c2ccc(O)c(C)c2)ccc1O.Cc1cc(CC(C)c2cc(C)c(O)c(C)c2)cc(C)c1O. The lowest BCUT2D eigenvalue weighted by Gasteiger charge is -2.34. The monoisotopic (exact) mass is 2360 g/mol. The number of halogens is 10. The maximum atomic E-state index is 10.5. The number of benzene rings is 14. The van der Waals surface area contributed by atoms with Crippen LogP contribution in [0.3, 0.4) is 0 Å². The maximum Gasteiger partial charge on any atom is 0.152 e. The van der Waals surface area contributed by atoms with Gasteiger partial charge in [0.15, 0.2) is 11.5 Å². The summed E-state index contributed by atoms with van der Waals surface area (Å²) in [6.45, 7) is 45.5. The van der Waals surface area contributed by atoms with Crippen LogP contribution >= 0.6 is 133 Å². The largest absolute Gasteiger partial charge is 0.508 e. The third kappa shape index (κ3) is 31.9. The van der Waals surface area contributed by atoms with E-state index in [0.717, 1.165) is 163 Å². The van der Waals surface area contributed by atoms with Crippen LogP contribution in [0.1, 0.15) is 268 Å². The van der Waals surface area contributed by atoms with Gasteiger partial charge in [0, 0.05) is 16.2 Å². The van der Waals surface area contributed by atoms with Crippen molar-refractivity contribution >= 4 is 139 Å². The van der Waals surface area contributed by atoms with Gasteiger partial charge in [0.2, 0.25) is 0 Å². The van der Waals surface area contributed by atoms with Gasteiger partial charge in [-0.2, -0.15) is 0 Å². The Hall–Kier alpha value is -10.3. The van der Waals surface area contributed by atoms with E-state index in [1.807, 2.05) is 147 Å². The molecule has 0 amide bonds. The molecular formula is C123H136Br4Cl6O14. The highest BCUT2D eigenvalue weighted by molar-refractivity contribution is 9.11. The minimum Gasteiger partial charge on any atom is -0.508 e. The zero-order chi connectivity index (χ0) is 110. The van der Waals surface area contributed by atoms with E-state index < -0.39 is 5.41 Å². The van der Waals surface area contributed by atoms with Gasteiger partial charge in [-0.1, -0.05) is 289 Å². The van der Waals surface area contributed by atoms with E-state index in [-0.39, 0.29) is 88.2 Å². The van der Waals surface area contributed by atoms with Crippen molar-refractivity contribution in [2.45, 2.75) is 243 Å². The molecular weight excluding hydrogens is 2230 g/mol. The second kappa shape index (κ2) is 53.4. The topological polar surface area (TPSA) is 283 Å². The summed E-state index contributed by atoms with van der Waals surface area (Å²) < 4.78 is 2.54. The predicted molar refractivity (Wildman–Crippen MR) is 624 cm³/mol. The Morgan fingerprint density at radius 1 is 0.293 bits per heavy atom. The zero-order valence-electron chi connectivity index (χ0n) is 87.3. The first-order valence-corrected chi connectivity index (χ1v) is 54.0. The molecule has 0 bridgehead atoms. The second-order valence-corrected chi connectivity index (χ2v) is 45.5. The third-order valence-corrected chi connectivity index (χ3v) is 31.9. The number of hydrogen-bond acceptors (Lipinski definition) is 14. The molecule has 0 radical (unpaired) electrons. The van der Waals surface area contributed by atoms with Crippen LogP contribution in [0.5, 0.6) is 80.5 Å². The minimum atomic E-state index is -0.526.